The van der Waals surface area contributed by atoms with Crippen LogP contribution in [0, 0.1) is 6.92 Å². The third-order valence-electron chi connectivity index (χ3n) is 5.76. The van der Waals surface area contributed by atoms with Gasteiger partial charge in [0.2, 0.25) is 10.0 Å². The molecule has 0 spiro atoms. The van der Waals surface area contributed by atoms with E-state index < -0.39 is 10.0 Å². The number of rotatable bonds is 3. The quantitative estimate of drug-likeness (QED) is 0.537. The van der Waals surface area contributed by atoms with Crippen LogP contribution in [0.4, 0.5) is 0 Å². The maximum absolute atomic E-state index is 13.3. The summed E-state index contributed by atoms with van der Waals surface area (Å²) in [4.78, 5) is 22.3. The van der Waals surface area contributed by atoms with Gasteiger partial charge in [-0.3, -0.25) is 9.78 Å². The number of aryl methyl sites for hydroxylation is 1. The predicted octanol–water partition coefficient (Wildman–Crippen LogP) is 3.17. The number of pyridine rings is 1. The molecular weight excluding hydrogens is 412 g/mol. The summed E-state index contributed by atoms with van der Waals surface area (Å²) >= 11 is 0. The summed E-state index contributed by atoms with van der Waals surface area (Å²) < 4.78 is 28.1. The number of benzene rings is 2. The van der Waals surface area contributed by atoms with Crippen LogP contribution in [0.15, 0.2) is 65.8 Å². The lowest BCUT2D eigenvalue weighted by Gasteiger charge is -2.34. The van der Waals surface area contributed by atoms with Crippen LogP contribution in [0.2, 0.25) is 0 Å². The van der Waals surface area contributed by atoms with Crippen molar-refractivity contribution in [3.8, 4) is 0 Å². The number of sulfonamides is 1. The third kappa shape index (κ3) is 3.47. The molecule has 158 valence electrons. The number of nitrogens with zero attached hydrogens (tertiary/aromatic N) is 3. The van der Waals surface area contributed by atoms with Crippen LogP contribution in [-0.2, 0) is 10.0 Å². The fourth-order valence-corrected chi connectivity index (χ4v) is 5.67. The van der Waals surface area contributed by atoms with E-state index in [0.29, 0.717) is 24.2 Å². The summed E-state index contributed by atoms with van der Waals surface area (Å²) in [7, 11) is -3.71. The van der Waals surface area contributed by atoms with E-state index in [1.54, 1.807) is 23.2 Å². The average Bonchev–Trinajstić information content (AvgIpc) is 3.26. The van der Waals surface area contributed by atoms with Crippen LogP contribution >= 0.6 is 0 Å². The van der Waals surface area contributed by atoms with E-state index >= 15 is 0 Å². The zero-order valence-electron chi connectivity index (χ0n) is 17.1. The standard InChI is InChI=1S/C23H22N4O3S/c1-16-13-18-3-2-4-21(22(18)25-15-16)31(29,30)27-11-9-26(10-12-27)23(28)19-6-5-17-7-8-24-20(17)14-19/h2-8,13-15,24H,9-12H2,1H3. The number of fused-ring (bicyclic) bond motifs is 2. The van der Waals surface area contributed by atoms with Gasteiger partial charge in [0.25, 0.3) is 5.91 Å². The molecule has 5 rings (SSSR count). The van der Waals surface area contributed by atoms with E-state index in [1.165, 1.54) is 4.31 Å². The lowest BCUT2D eigenvalue weighted by atomic mass is 10.1. The first-order valence-electron chi connectivity index (χ1n) is 10.2. The monoisotopic (exact) mass is 434 g/mol. The molecule has 1 fully saturated rings. The van der Waals surface area contributed by atoms with Crippen molar-refractivity contribution in [1.82, 2.24) is 19.2 Å². The molecule has 0 bridgehead atoms. The first-order chi connectivity index (χ1) is 14.9. The number of amides is 1. The van der Waals surface area contributed by atoms with E-state index in [1.807, 2.05) is 49.5 Å². The van der Waals surface area contributed by atoms with Gasteiger partial charge in [-0.2, -0.15) is 4.31 Å². The second-order valence-corrected chi connectivity index (χ2v) is 9.72. The smallest absolute Gasteiger partial charge is 0.254 e. The maximum Gasteiger partial charge on any atom is 0.254 e. The molecule has 2 aromatic carbocycles. The minimum Gasteiger partial charge on any atom is -0.361 e. The van der Waals surface area contributed by atoms with Gasteiger partial charge in [0, 0.05) is 55.0 Å². The van der Waals surface area contributed by atoms with Crippen LogP contribution in [0.5, 0.6) is 0 Å². The molecule has 1 saturated heterocycles. The zero-order valence-corrected chi connectivity index (χ0v) is 17.9. The Bertz CT molecular complexity index is 1400. The van der Waals surface area contributed by atoms with Crippen molar-refractivity contribution in [2.75, 3.05) is 26.2 Å². The summed E-state index contributed by atoms with van der Waals surface area (Å²) in [6.07, 6.45) is 3.52. The molecule has 31 heavy (non-hydrogen) atoms. The third-order valence-corrected chi connectivity index (χ3v) is 7.69. The van der Waals surface area contributed by atoms with Crippen molar-refractivity contribution in [3.05, 3.63) is 72.1 Å². The Hall–Kier alpha value is -3.23. The molecule has 0 unspecified atom stereocenters. The van der Waals surface area contributed by atoms with Gasteiger partial charge in [0.05, 0.1) is 5.52 Å². The van der Waals surface area contributed by atoms with Crippen LogP contribution in [0.3, 0.4) is 0 Å². The SMILES string of the molecule is Cc1cnc2c(S(=O)(=O)N3CCN(C(=O)c4ccc5cc[nH]c5c4)CC3)cccc2c1. The van der Waals surface area contributed by atoms with Gasteiger partial charge in [-0.15, -0.1) is 0 Å². The summed E-state index contributed by atoms with van der Waals surface area (Å²) in [6.45, 7) is 3.12. The lowest BCUT2D eigenvalue weighted by molar-refractivity contribution is 0.0698. The van der Waals surface area contributed by atoms with Gasteiger partial charge < -0.3 is 9.88 Å². The highest BCUT2D eigenvalue weighted by Gasteiger charge is 2.31. The van der Waals surface area contributed by atoms with Crippen LogP contribution < -0.4 is 0 Å². The van der Waals surface area contributed by atoms with Gasteiger partial charge in [-0.25, -0.2) is 8.42 Å². The summed E-state index contributed by atoms with van der Waals surface area (Å²) in [5.41, 5.74) is 2.96. The Morgan fingerprint density at radius 3 is 2.61 bits per heavy atom. The predicted molar refractivity (Wildman–Crippen MR) is 119 cm³/mol. The van der Waals surface area contributed by atoms with Gasteiger partial charge in [0.15, 0.2) is 0 Å². The Morgan fingerprint density at radius 2 is 1.81 bits per heavy atom. The van der Waals surface area contributed by atoms with Gasteiger partial charge >= 0.3 is 0 Å². The van der Waals surface area contributed by atoms with Gasteiger partial charge in [0.1, 0.15) is 4.90 Å². The molecular formula is C23H22N4O3S. The summed E-state index contributed by atoms with van der Waals surface area (Å²) in [5.74, 6) is -0.0872. The van der Waals surface area contributed by atoms with Crippen molar-refractivity contribution < 1.29 is 13.2 Å². The van der Waals surface area contributed by atoms with Crippen molar-refractivity contribution in [3.63, 3.8) is 0 Å². The Labute approximate surface area is 180 Å². The lowest BCUT2D eigenvalue weighted by Crippen LogP contribution is -2.50. The van der Waals surface area contributed by atoms with E-state index in [2.05, 4.69) is 9.97 Å². The number of hydrogen-bond donors (Lipinski definition) is 1. The average molecular weight is 435 g/mol. The Balaban J connectivity index is 1.35. The number of H-pyrrole nitrogens is 1. The molecule has 1 N–H and O–H groups in total. The number of aromatic nitrogens is 2. The fourth-order valence-electron chi connectivity index (χ4n) is 4.09. The molecule has 1 amide bonds. The van der Waals surface area contributed by atoms with E-state index in [9.17, 15) is 13.2 Å². The van der Waals surface area contributed by atoms with Crippen LogP contribution in [0.25, 0.3) is 21.8 Å². The summed E-state index contributed by atoms with van der Waals surface area (Å²) in [6, 6.07) is 14.7. The molecule has 7 nitrogen and oxygen atoms in total. The number of hydrogen-bond acceptors (Lipinski definition) is 4. The Morgan fingerprint density at radius 1 is 1.00 bits per heavy atom. The molecule has 0 aliphatic carbocycles. The van der Waals surface area contributed by atoms with E-state index in [-0.39, 0.29) is 23.9 Å². The van der Waals surface area contributed by atoms with Crippen LogP contribution in [-0.4, -0.2) is 59.7 Å². The normalized spacial score (nSPS) is 15.6. The molecule has 3 heterocycles. The van der Waals surface area contributed by atoms with Crippen molar-refractivity contribution in [2.24, 2.45) is 0 Å². The van der Waals surface area contributed by atoms with Crippen LogP contribution in [0.1, 0.15) is 15.9 Å². The molecule has 4 aromatic rings. The number of aromatic amines is 1. The number of carbonyl (C=O) groups is 1. The minimum absolute atomic E-state index is 0.0872. The number of para-hydroxylation sites is 1. The molecule has 0 atom stereocenters. The maximum atomic E-state index is 13.3. The highest BCUT2D eigenvalue weighted by atomic mass is 32.2. The highest BCUT2D eigenvalue weighted by Crippen LogP contribution is 2.26. The van der Waals surface area contributed by atoms with Crippen molar-refractivity contribution in [1.29, 1.82) is 0 Å². The number of carbonyl (C=O) groups excluding carboxylic acids is 1. The fraction of sp³-hybridized carbons (Fsp3) is 0.217. The molecule has 1 aliphatic heterocycles. The van der Waals surface area contributed by atoms with Gasteiger partial charge in [-0.1, -0.05) is 18.2 Å². The zero-order chi connectivity index (χ0) is 21.6. The molecule has 8 heteroatoms. The molecule has 0 saturated carbocycles. The van der Waals surface area contributed by atoms with E-state index in [4.69, 9.17) is 0 Å². The minimum atomic E-state index is -3.71. The molecule has 0 radical (unpaired) electrons. The largest absolute Gasteiger partial charge is 0.361 e. The van der Waals surface area contributed by atoms with E-state index in [0.717, 1.165) is 21.9 Å². The number of nitrogens with one attached hydrogen (secondary N) is 1. The van der Waals surface area contributed by atoms with Crippen molar-refractivity contribution >= 4 is 37.7 Å². The molecule has 1 aliphatic rings. The second-order valence-electron chi connectivity index (χ2n) is 7.82. The second kappa shape index (κ2) is 7.47. The first-order valence-corrected chi connectivity index (χ1v) is 11.6. The topological polar surface area (TPSA) is 86.4 Å². The number of piperazine rings is 1. The first kappa shape index (κ1) is 19.7. The van der Waals surface area contributed by atoms with Crippen molar-refractivity contribution in [2.45, 2.75) is 11.8 Å². The Kier molecular flexibility index (Phi) is 4.75. The molecule has 2 aromatic heterocycles. The summed E-state index contributed by atoms with van der Waals surface area (Å²) in [5, 5.41) is 1.85. The van der Waals surface area contributed by atoms with Gasteiger partial charge in [-0.05, 0) is 48.2 Å². The highest BCUT2D eigenvalue weighted by molar-refractivity contribution is 7.89.